The number of nitrogens with one attached hydrogen (secondary N) is 1. The molecule has 0 radical (unpaired) electrons. The van der Waals surface area contributed by atoms with Crippen LogP contribution in [-0.2, 0) is 49.8 Å². The van der Waals surface area contributed by atoms with Gasteiger partial charge < -0.3 is 9.47 Å². The number of isocyanates is 1. The number of amides is 1. The maximum atomic E-state index is 12.8. The lowest BCUT2D eigenvalue weighted by atomic mass is 9.62. The van der Waals surface area contributed by atoms with Crippen molar-refractivity contribution in [3.05, 3.63) is 172 Å². The van der Waals surface area contributed by atoms with Crippen molar-refractivity contribution < 1.29 is 19.1 Å². The molecule has 5 rings (SSSR count). The Bertz CT molecular complexity index is 2760. The lowest BCUT2D eigenvalue weighted by Crippen LogP contribution is -2.33. The van der Waals surface area contributed by atoms with Crippen LogP contribution in [0.5, 0.6) is 0 Å². The second-order valence-corrected chi connectivity index (χ2v) is 27.8. The fraction of sp³-hybridized carbons (Fsp3) is 0.500. The highest BCUT2D eigenvalue weighted by molar-refractivity contribution is 5.84. The molecule has 0 aliphatic carbocycles. The van der Waals surface area contributed by atoms with Crippen LogP contribution in [0.3, 0.4) is 0 Å². The molecule has 0 bridgehead atoms. The van der Waals surface area contributed by atoms with Crippen LogP contribution in [-0.4, -0.2) is 32.1 Å². The molecule has 0 heterocycles. The van der Waals surface area contributed by atoms with Crippen LogP contribution in [0.25, 0.3) is 0 Å². The summed E-state index contributed by atoms with van der Waals surface area (Å²) < 4.78 is 11.9. The Morgan fingerprint density at radius 1 is 0.506 bits per heavy atom. The van der Waals surface area contributed by atoms with E-state index in [1.54, 1.807) is 6.08 Å². The lowest BCUT2D eigenvalue weighted by Gasteiger charge is -2.42. The number of anilines is 1. The number of hydrogen-bond acceptors (Lipinski definition) is 6. The Morgan fingerprint density at radius 2 is 0.896 bits per heavy atom. The molecule has 5 aromatic carbocycles. The first kappa shape index (κ1) is 61.8. The predicted octanol–water partition coefficient (Wildman–Crippen LogP) is 19.3. The Balaban J connectivity index is 1.09. The first-order valence-electron chi connectivity index (χ1n) is 28.2. The summed E-state index contributed by atoms with van der Waals surface area (Å²) in [4.78, 5) is 31.0. The van der Waals surface area contributed by atoms with Gasteiger partial charge in [0.1, 0.15) is 0 Å². The molecule has 7 nitrogen and oxygen atoms in total. The van der Waals surface area contributed by atoms with E-state index in [-0.39, 0.29) is 37.9 Å². The third-order valence-corrected chi connectivity index (χ3v) is 15.3. The number of allylic oxidation sites excluding steroid dienone is 1. The van der Waals surface area contributed by atoms with E-state index in [0.717, 1.165) is 86.9 Å². The van der Waals surface area contributed by atoms with Crippen LogP contribution in [0.15, 0.2) is 138 Å². The summed E-state index contributed by atoms with van der Waals surface area (Å²) in [6.07, 6.45) is 11.6. The largest absolute Gasteiger partial charge is 0.498 e. The topological polar surface area (TPSA) is 89.3 Å². The summed E-state index contributed by atoms with van der Waals surface area (Å²) >= 11 is 0. The van der Waals surface area contributed by atoms with Crippen molar-refractivity contribution in [2.75, 3.05) is 18.5 Å². The summed E-state index contributed by atoms with van der Waals surface area (Å²) in [5, 5.41) is 2.90. The highest BCUT2D eigenvalue weighted by atomic mass is 16.5. The van der Waals surface area contributed by atoms with Crippen LogP contribution >= 0.6 is 0 Å². The van der Waals surface area contributed by atoms with E-state index in [4.69, 9.17) is 9.47 Å². The molecule has 0 aliphatic rings. The van der Waals surface area contributed by atoms with Crippen molar-refractivity contribution in [1.29, 1.82) is 0 Å². The van der Waals surface area contributed by atoms with Gasteiger partial charge in [-0.15, -0.1) is 0 Å². The summed E-state index contributed by atoms with van der Waals surface area (Å²) in [6.45, 7) is 45.1. The first-order valence-corrected chi connectivity index (χ1v) is 28.2. The summed E-state index contributed by atoms with van der Waals surface area (Å²) in [5.41, 5.74) is 12.7. The van der Waals surface area contributed by atoms with Gasteiger partial charge in [-0.1, -0.05) is 189 Å². The zero-order chi connectivity index (χ0) is 56.9. The van der Waals surface area contributed by atoms with Gasteiger partial charge in [-0.05, 0) is 190 Å². The standard InChI is InChI=1S/C70H95N3O4/c1-51(40-52-20-22-53(23-21-52)41-55-26-32-61(33-27-55)72-50-74)76-38-18-36-65(5,6)46-67(9,10)48-69(13,14)58-43-57(64(2,3)4)44-59(45-58)70(15,16)49-68(11,12)47-66(7,8)37-19-39-77-63(75)73-62-34-28-56(29-35-62)42-54-24-30-60(71-17)31-25-54/h20-35,43-45H,1,17-19,36-42,46-49H2,2-16H3,(H,73,75). The maximum absolute atomic E-state index is 12.8. The number of benzene rings is 5. The molecule has 0 unspecified atom stereocenters. The van der Waals surface area contributed by atoms with Gasteiger partial charge in [-0.25, -0.2) is 9.59 Å². The molecule has 1 amide bonds. The van der Waals surface area contributed by atoms with Gasteiger partial charge in [0, 0.05) is 12.1 Å². The van der Waals surface area contributed by atoms with E-state index < -0.39 is 6.09 Å². The minimum atomic E-state index is -0.417. The highest BCUT2D eigenvalue weighted by Gasteiger charge is 2.38. The summed E-state index contributed by atoms with van der Waals surface area (Å²) in [5.74, 6) is 0.803. The normalized spacial score (nSPS) is 12.7. The van der Waals surface area contributed by atoms with Gasteiger partial charge in [0.05, 0.1) is 30.3 Å². The fourth-order valence-corrected chi connectivity index (χ4v) is 12.7. The molecule has 414 valence electrons. The average Bonchev–Trinajstić information content (AvgIpc) is 3.33. The summed E-state index contributed by atoms with van der Waals surface area (Å²) in [7, 11) is 0. The molecule has 0 atom stereocenters. The van der Waals surface area contributed by atoms with Gasteiger partial charge >= 0.3 is 6.09 Å². The average molecular weight is 1040 g/mol. The second-order valence-electron chi connectivity index (χ2n) is 27.8. The Morgan fingerprint density at radius 3 is 1.32 bits per heavy atom. The Labute approximate surface area is 465 Å². The van der Waals surface area contributed by atoms with Crippen molar-refractivity contribution in [3.8, 4) is 0 Å². The molecule has 7 heteroatoms. The van der Waals surface area contributed by atoms with Crippen LogP contribution in [0.4, 0.5) is 21.9 Å². The zero-order valence-electron chi connectivity index (χ0n) is 50.1. The van der Waals surface area contributed by atoms with Gasteiger partial charge in [-0.2, -0.15) is 4.99 Å². The minimum absolute atomic E-state index is 0.00961. The number of hydrogen-bond donors (Lipinski definition) is 1. The van der Waals surface area contributed by atoms with E-state index in [9.17, 15) is 9.59 Å². The van der Waals surface area contributed by atoms with Crippen molar-refractivity contribution >= 4 is 36.0 Å². The van der Waals surface area contributed by atoms with Crippen molar-refractivity contribution in [2.45, 2.75) is 191 Å². The van der Waals surface area contributed by atoms with Gasteiger partial charge in [0.15, 0.2) is 0 Å². The molecule has 77 heavy (non-hydrogen) atoms. The van der Waals surface area contributed by atoms with Gasteiger partial charge in [0.2, 0.25) is 6.08 Å². The number of aliphatic imine (C=N–C) groups is 2. The SMILES string of the molecule is C=Nc1ccc(Cc2ccc(NC(=O)OCCCC(C)(C)CC(C)(C)CC(C)(C)c3cc(C(C)(C)C)cc(C(C)(C)CC(C)(C)CC(C)(C)CCCOC(=C)Cc4ccc(Cc5ccc(N=C=O)cc5)cc4)c3)cc2)cc1. The number of carbonyl (C=O) groups is 1. The molecular formula is C70H95N3O4. The Hall–Kier alpha value is -6.04. The number of carbonyl (C=O) groups excluding carboxylic acids is 2. The van der Waals surface area contributed by atoms with Crippen LogP contribution in [0.1, 0.15) is 200 Å². The van der Waals surface area contributed by atoms with E-state index in [2.05, 4.69) is 187 Å². The predicted molar refractivity (Wildman–Crippen MR) is 325 cm³/mol. The van der Waals surface area contributed by atoms with E-state index in [1.165, 1.54) is 38.9 Å². The number of rotatable bonds is 28. The molecule has 5 aromatic rings. The van der Waals surface area contributed by atoms with E-state index in [1.807, 2.05) is 60.7 Å². The molecular weight excluding hydrogens is 947 g/mol. The summed E-state index contributed by atoms with van der Waals surface area (Å²) in [6, 6.07) is 39.9. The zero-order valence-corrected chi connectivity index (χ0v) is 50.1. The molecule has 1 N–H and O–H groups in total. The smallest absolute Gasteiger partial charge is 0.411 e. The van der Waals surface area contributed by atoms with Crippen LogP contribution < -0.4 is 5.32 Å². The van der Waals surface area contributed by atoms with Gasteiger partial charge in [-0.3, -0.25) is 10.3 Å². The van der Waals surface area contributed by atoms with Crippen LogP contribution in [0, 0.1) is 21.7 Å². The van der Waals surface area contributed by atoms with Crippen molar-refractivity contribution in [2.24, 2.45) is 31.6 Å². The molecule has 0 fully saturated rings. The highest BCUT2D eigenvalue weighted by Crippen LogP contribution is 2.49. The number of ether oxygens (including phenoxy) is 2. The molecule has 0 saturated heterocycles. The second kappa shape index (κ2) is 26.1. The quantitative estimate of drug-likeness (QED) is 0.0234. The van der Waals surface area contributed by atoms with Crippen LogP contribution in [0.2, 0.25) is 0 Å². The van der Waals surface area contributed by atoms with E-state index in [0.29, 0.717) is 25.3 Å². The monoisotopic (exact) mass is 1040 g/mol. The number of nitrogens with zero attached hydrogens (tertiary/aromatic N) is 2. The Kier molecular flexibility index (Phi) is 20.9. The molecule has 0 aromatic heterocycles. The molecule has 0 aliphatic heterocycles. The fourth-order valence-electron chi connectivity index (χ4n) is 12.7. The van der Waals surface area contributed by atoms with E-state index >= 15 is 0 Å². The molecule has 0 spiro atoms. The van der Waals surface area contributed by atoms with Crippen molar-refractivity contribution in [1.82, 2.24) is 0 Å². The lowest BCUT2D eigenvalue weighted by molar-refractivity contribution is 0.124. The molecule has 0 saturated carbocycles. The third kappa shape index (κ3) is 20.7. The van der Waals surface area contributed by atoms with Crippen molar-refractivity contribution in [3.63, 3.8) is 0 Å². The third-order valence-electron chi connectivity index (χ3n) is 15.3. The first-order chi connectivity index (χ1) is 35.9. The minimum Gasteiger partial charge on any atom is -0.498 e. The van der Waals surface area contributed by atoms with Gasteiger partial charge in [0.25, 0.3) is 0 Å². The maximum Gasteiger partial charge on any atom is 0.411 e.